The Bertz CT molecular complexity index is 475. The van der Waals surface area contributed by atoms with Gasteiger partial charge in [-0.2, -0.15) is 0 Å². The predicted octanol–water partition coefficient (Wildman–Crippen LogP) is 3.38. The second-order valence-electron chi connectivity index (χ2n) is 5.76. The number of ether oxygens (including phenoxy) is 2. The van der Waals surface area contributed by atoms with Crippen molar-refractivity contribution in [3.05, 3.63) is 29.3 Å². The summed E-state index contributed by atoms with van der Waals surface area (Å²) in [6.45, 7) is 2.83. The molecule has 5 heteroatoms. The van der Waals surface area contributed by atoms with E-state index >= 15 is 0 Å². The van der Waals surface area contributed by atoms with Crippen molar-refractivity contribution >= 4 is 17.5 Å². The molecule has 0 saturated carbocycles. The van der Waals surface area contributed by atoms with Gasteiger partial charge < -0.3 is 14.4 Å². The zero-order valence-corrected chi connectivity index (χ0v) is 13.8. The summed E-state index contributed by atoms with van der Waals surface area (Å²) in [6.07, 6.45) is 3.55. The van der Waals surface area contributed by atoms with Gasteiger partial charge in [-0.05, 0) is 43.4 Å². The second-order valence-corrected chi connectivity index (χ2v) is 6.20. The van der Waals surface area contributed by atoms with E-state index in [1.807, 2.05) is 25.2 Å². The molecule has 1 aromatic carbocycles. The highest BCUT2D eigenvalue weighted by Crippen LogP contribution is 2.18. The van der Waals surface area contributed by atoms with Crippen molar-refractivity contribution in [1.29, 1.82) is 0 Å². The number of carbonyl (C=O) groups excluding carboxylic acids is 1. The molecular formula is C17H24ClNO3. The monoisotopic (exact) mass is 325 g/mol. The highest BCUT2D eigenvalue weighted by Gasteiger charge is 2.19. The van der Waals surface area contributed by atoms with Crippen LogP contribution in [0.5, 0.6) is 5.75 Å². The zero-order chi connectivity index (χ0) is 15.8. The number of halogens is 1. The van der Waals surface area contributed by atoms with Gasteiger partial charge in [-0.3, -0.25) is 4.79 Å². The van der Waals surface area contributed by atoms with Crippen LogP contribution < -0.4 is 4.74 Å². The maximum absolute atomic E-state index is 12.1. The molecular weight excluding hydrogens is 302 g/mol. The lowest BCUT2D eigenvalue weighted by Gasteiger charge is -2.24. The van der Waals surface area contributed by atoms with Gasteiger partial charge in [-0.1, -0.05) is 17.7 Å². The summed E-state index contributed by atoms with van der Waals surface area (Å²) in [4.78, 5) is 13.9. The molecule has 0 N–H and O–H groups in total. The molecule has 0 radical (unpaired) electrons. The zero-order valence-electron chi connectivity index (χ0n) is 13.1. The Morgan fingerprint density at radius 3 is 3.09 bits per heavy atom. The van der Waals surface area contributed by atoms with Crippen molar-refractivity contribution < 1.29 is 14.3 Å². The first-order valence-corrected chi connectivity index (χ1v) is 8.23. The van der Waals surface area contributed by atoms with Gasteiger partial charge in [0.05, 0.1) is 6.61 Å². The molecule has 2 rings (SSSR count). The minimum Gasteiger partial charge on any atom is -0.493 e. The van der Waals surface area contributed by atoms with Gasteiger partial charge in [-0.15, -0.1) is 0 Å². The molecule has 1 aliphatic heterocycles. The van der Waals surface area contributed by atoms with E-state index in [-0.39, 0.29) is 5.91 Å². The van der Waals surface area contributed by atoms with E-state index in [1.165, 1.54) is 0 Å². The molecule has 1 amide bonds. The van der Waals surface area contributed by atoms with Crippen molar-refractivity contribution in [3.63, 3.8) is 0 Å². The van der Waals surface area contributed by atoms with Crippen LogP contribution in [0.4, 0.5) is 0 Å². The lowest BCUT2D eigenvalue weighted by molar-refractivity contribution is -0.132. The Balaban J connectivity index is 1.62. The van der Waals surface area contributed by atoms with Crippen LogP contribution in [0.1, 0.15) is 25.7 Å². The molecule has 0 aliphatic carbocycles. The van der Waals surface area contributed by atoms with Crippen LogP contribution in [0.3, 0.4) is 0 Å². The average molecular weight is 326 g/mol. The van der Waals surface area contributed by atoms with E-state index in [1.54, 1.807) is 11.0 Å². The lowest BCUT2D eigenvalue weighted by Crippen LogP contribution is -2.32. The molecule has 122 valence electrons. The Labute approximate surface area is 137 Å². The predicted molar refractivity (Wildman–Crippen MR) is 87.4 cm³/mol. The molecule has 0 spiro atoms. The van der Waals surface area contributed by atoms with E-state index in [0.29, 0.717) is 30.5 Å². The van der Waals surface area contributed by atoms with Crippen molar-refractivity contribution in [2.24, 2.45) is 5.92 Å². The molecule has 1 heterocycles. The summed E-state index contributed by atoms with van der Waals surface area (Å²) in [6, 6.07) is 7.35. The van der Waals surface area contributed by atoms with Crippen LogP contribution in [0, 0.1) is 5.92 Å². The topological polar surface area (TPSA) is 38.8 Å². The molecule has 1 fully saturated rings. The molecule has 1 aromatic rings. The van der Waals surface area contributed by atoms with Crippen molar-refractivity contribution in [2.75, 3.05) is 33.4 Å². The molecule has 1 aliphatic rings. The van der Waals surface area contributed by atoms with Gasteiger partial charge in [0.15, 0.2) is 0 Å². The molecule has 0 bridgehead atoms. The van der Waals surface area contributed by atoms with E-state index in [2.05, 4.69) is 0 Å². The van der Waals surface area contributed by atoms with Crippen molar-refractivity contribution in [3.8, 4) is 5.75 Å². The summed E-state index contributed by atoms with van der Waals surface area (Å²) in [5, 5.41) is 0.666. The SMILES string of the molecule is CN(CCCOc1cccc(Cl)c1)C(=O)CC1CCCOC1. The Kier molecular flexibility index (Phi) is 7.00. The lowest BCUT2D eigenvalue weighted by atomic mass is 9.98. The molecule has 0 aromatic heterocycles. The van der Waals surface area contributed by atoms with Crippen LogP contribution in [0.15, 0.2) is 24.3 Å². The quantitative estimate of drug-likeness (QED) is 0.721. The second kappa shape index (κ2) is 9.01. The van der Waals surface area contributed by atoms with Gasteiger partial charge >= 0.3 is 0 Å². The number of carbonyl (C=O) groups is 1. The first-order valence-electron chi connectivity index (χ1n) is 7.85. The normalized spacial score (nSPS) is 18.0. The Hall–Kier alpha value is -1.26. The maximum Gasteiger partial charge on any atom is 0.222 e. The fourth-order valence-electron chi connectivity index (χ4n) is 2.54. The smallest absolute Gasteiger partial charge is 0.222 e. The van der Waals surface area contributed by atoms with E-state index < -0.39 is 0 Å². The largest absolute Gasteiger partial charge is 0.493 e. The van der Waals surface area contributed by atoms with Gasteiger partial charge in [-0.25, -0.2) is 0 Å². The summed E-state index contributed by atoms with van der Waals surface area (Å²) in [5.74, 6) is 1.34. The number of amides is 1. The maximum atomic E-state index is 12.1. The third-order valence-corrected chi connectivity index (χ3v) is 4.08. The van der Waals surface area contributed by atoms with Gasteiger partial charge in [0.1, 0.15) is 5.75 Å². The van der Waals surface area contributed by atoms with E-state index in [4.69, 9.17) is 21.1 Å². The van der Waals surface area contributed by atoms with Crippen LogP contribution in [0.25, 0.3) is 0 Å². The summed E-state index contributed by atoms with van der Waals surface area (Å²) in [5.41, 5.74) is 0. The van der Waals surface area contributed by atoms with Crippen molar-refractivity contribution in [1.82, 2.24) is 4.90 Å². The third kappa shape index (κ3) is 5.85. The standard InChI is InChI=1S/C17H24ClNO3/c1-19(17(20)11-14-5-3-9-21-13-14)8-4-10-22-16-7-2-6-15(18)12-16/h2,6-7,12,14H,3-5,8-11,13H2,1H3. The molecule has 4 nitrogen and oxygen atoms in total. The first kappa shape index (κ1) is 17.1. The Morgan fingerprint density at radius 1 is 1.50 bits per heavy atom. The first-order chi connectivity index (χ1) is 10.6. The van der Waals surface area contributed by atoms with Gasteiger partial charge in [0.2, 0.25) is 5.91 Å². The fraction of sp³-hybridized carbons (Fsp3) is 0.588. The minimum atomic E-state index is 0.193. The van der Waals surface area contributed by atoms with Crippen LogP contribution in [-0.2, 0) is 9.53 Å². The van der Waals surface area contributed by atoms with E-state index in [9.17, 15) is 4.79 Å². The van der Waals surface area contributed by atoms with Crippen LogP contribution in [0.2, 0.25) is 5.02 Å². The Morgan fingerprint density at radius 2 is 2.36 bits per heavy atom. The molecule has 1 unspecified atom stereocenters. The molecule has 1 atom stereocenters. The molecule has 1 saturated heterocycles. The summed E-state index contributed by atoms with van der Waals surface area (Å²) >= 11 is 5.90. The van der Waals surface area contributed by atoms with Gasteiger partial charge in [0, 0.05) is 38.2 Å². The third-order valence-electron chi connectivity index (χ3n) is 3.85. The number of hydrogen-bond acceptors (Lipinski definition) is 3. The van der Waals surface area contributed by atoms with E-state index in [0.717, 1.165) is 38.2 Å². The summed E-state index contributed by atoms with van der Waals surface area (Å²) < 4.78 is 11.0. The number of benzene rings is 1. The summed E-state index contributed by atoms with van der Waals surface area (Å²) in [7, 11) is 1.85. The van der Waals surface area contributed by atoms with Crippen LogP contribution >= 0.6 is 11.6 Å². The number of nitrogens with zero attached hydrogens (tertiary/aromatic N) is 1. The number of rotatable bonds is 7. The minimum absolute atomic E-state index is 0.193. The fourth-order valence-corrected chi connectivity index (χ4v) is 2.72. The molecule has 22 heavy (non-hydrogen) atoms. The van der Waals surface area contributed by atoms with Crippen molar-refractivity contribution in [2.45, 2.75) is 25.7 Å². The highest BCUT2D eigenvalue weighted by molar-refractivity contribution is 6.30. The van der Waals surface area contributed by atoms with Gasteiger partial charge in [0.25, 0.3) is 0 Å². The average Bonchev–Trinajstić information content (AvgIpc) is 2.52. The van der Waals surface area contributed by atoms with Crippen LogP contribution in [-0.4, -0.2) is 44.2 Å². The number of hydrogen-bond donors (Lipinski definition) is 0. The highest BCUT2D eigenvalue weighted by atomic mass is 35.5.